The number of benzene rings is 1. The molecule has 90 valence electrons. The van der Waals surface area contributed by atoms with Crippen LogP contribution in [0.1, 0.15) is 10.4 Å². The predicted molar refractivity (Wildman–Crippen MR) is 63.6 cm³/mol. The molecule has 6 heteroatoms. The first-order valence-corrected chi connectivity index (χ1v) is 5.03. The van der Waals surface area contributed by atoms with E-state index in [9.17, 15) is 14.9 Å². The van der Waals surface area contributed by atoms with Crippen LogP contribution in [0.25, 0.3) is 0 Å². The molecule has 0 saturated heterocycles. The molecule has 0 aliphatic rings. The number of hydrogen-bond donors (Lipinski definition) is 2. The van der Waals surface area contributed by atoms with Crippen LogP contribution in [-0.4, -0.2) is 23.9 Å². The molecule has 17 heavy (non-hydrogen) atoms. The molecular formula is C11H13N3O3. The van der Waals surface area contributed by atoms with Crippen molar-refractivity contribution in [1.29, 1.82) is 0 Å². The molecule has 0 radical (unpaired) electrons. The summed E-state index contributed by atoms with van der Waals surface area (Å²) in [5.41, 5.74) is 5.59. The molecule has 1 aromatic carbocycles. The number of nitrogens with zero attached hydrogens (tertiary/aromatic N) is 1. The molecule has 0 aliphatic heterocycles. The third-order valence-electron chi connectivity index (χ3n) is 2.02. The number of carbonyl (C=O) groups is 1. The second kappa shape index (κ2) is 6.39. The average Bonchev–Trinajstić information content (AvgIpc) is 2.34. The van der Waals surface area contributed by atoms with Crippen LogP contribution in [0.15, 0.2) is 36.4 Å². The first-order chi connectivity index (χ1) is 8.15. The molecule has 0 spiro atoms. The standard InChI is InChI=1S/C11H13N3O3/c12-7-1-2-8-13-11(15)9-3-5-10(6-4-9)14(16)17/h1-6H,7-8,12H2,(H,13,15)/b2-1+. The Morgan fingerprint density at radius 1 is 1.35 bits per heavy atom. The van der Waals surface area contributed by atoms with Gasteiger partial charge in [0.1, 0.15) is 0 Å². The number of hydrogen-bond acceptors (Lipinski definition) is 4. The third-order valence-corrected chi connectivity index (χ3v) is 2.02. The first kappa shape index (κ1) is 12.9. The van der Waals surface area contributed by atoms with E-state index in [1.54, 1.807) is 12.2 Å². The van der Waals surface area contributed by atoms with Gasteiger partial charge in [-0.1, -0.05) is 12.2 Å². The SMILES string of the molecule is NC/C=C/CNC(=O)c1ccc([N+](=O)[O-])cc1. The van der Waals surface area contributed by atoms with Gasteiger partial charge in [0.25, 0.3) is 11.6 Å². The van der Waals surface area contributed by atoms with Gasteiger partial charge in [0.2, 0.25) is 0 Å². The van der Waals surface area contributed by atoms with Crippen LogP contribution >= 0.6 is 0 Å². The number of non-ortho nitro benzene ring substituents is 1. The lowest BCUT2D eigenvalue weighted by Crippen LogP contribution is -2.23. The molecule has 6 nitrogen and oxygen atoms in total. The van der Waals surface area contributed by atoms with Crippen LogP contribution in [0, 0.1) is 10.1 Å². The van der Waals surface area contributed by atoms with Gasteiger partial charge in [-0.25, -0.2) is 0 Å². The van der Waals surface area contributed by atoms with E-state index in [0.29, 0.717) is 18.7 Å². The molecule has 1 aromatic rings. The van der Waals surface area contributed by atoms with Gasteiger partial charge in [-0.2, -0.15) is 0 Å². The van der Waals surface area contributed by atoms with E-state index in [0.717, 1.165) is 0 Å². The highest BCUT2D eigenvalue weighted by atomic mass is 16.6. The second-order valence-electron chi connectivity index (χ2n) is 3.22. The molecule has 1 rings (SSSR count). The van der Waals surface area contributed by atoms with Gasteiger partial charge in [-0.05, 0) is 12.1 Å². The Morgan fingerprint density at radius 2 is 2.00 bits per heavy atom. The van der Waals surface area contributed by atoms with E-state index in [-0.39, 0.29) is 11.6 Å². The van der Waals surface area contributed by atoms with Crippen molar-refractivity contribution in [2.24, 2.45) is 5.73 Å². The van der Waals surface area contributed by atoms with Gasteiger partial charge < -0.3 is 11.1 Å². The van der Waals surface area contributed by atoms with Gasteiger partial charge >= 0.3 is 0 Å². The monoisotopic (exact) mass is 235 g/mol. The van der Waals surface area contributed by atoms with E-state index in [4.69, 9.17) is 5.73 Å². The first-order valence-electron chi connectivity index (χ1n) is 5.03. The van der Waals surface area contributed by atoms with Crippen molar-refractivity contribution in [3.8, 4) is 0 Å². The fourth-order valence-electron chi connectivity index (χ4n) is 1.17. The van der Waals surface area contributed by atoms with E-state index >= 15 is 0 Å². The summed E-state index contributed by atoms with van der Waals surface area (Å²) < 4.78 is 0. The lowest BCUT2D eigenvalue weighted by atomic mass is 10.2. The number of amides is 1. The Kier molecular flexibility index (Phi) is 4.83. The summed E-state index contributed by atoms with van der Waals surface area (Å²) in [4.78, 5) is 21.4. The zero-order valence-electron chi connectivity index (χ0n) is 9.13. The topological polar surface area (TPSA) is 98.3 Å². The molecule has 0 saturated carbocycles. The van der Waals surface area contributed by atoms with Crippen LogP contribution in [0.3, 0.4) is 0 Å². The summed E-state index contributed by atoms with van der Waals surface area (Å²) in [5, 5.41) is 13.0. The smallest absolute Gasteiger partial charge is 0.269 e. The Hall–Kier alpha value is -2.21. The van der Waals surface area contributed by atoms with Crippen LogP contribution in [0.2, 0.25) is 0 Å². The molecule has 0 atom stereocenters. The van der Waals surface area contributed by atoms with Crippen molar-refractivity contribution in [3.05, 3.63) is 52.1 Å². The molecule has 0 unspecified atom stereocenters. The van der Waals surface area contributed by atoms with Crippen molar-refractivity contribution in [3.63, 3.8) is 0 Å². The lowest BCUT2D eigenvalue weighted by molar-refractivity contribution is -0.384. The maximum atomic E-state index is 11.5. The summed E-state index contributed by atoms with van der Waals surface area (Å²) in [6, 6.07) is 5.43. The summed E-state index contributed by atoms with van der Waals surface area (Å²) >= 11 is 0. The number of nitrogens with two attached hydrogens (primary N) is 1. The molecule has 0 aromatic heterocycles. The molecule has 3 N–H and O–H groups in total. The molecule has 0 aliphatic carbocycles. The summed E-state index contributed by atoms with van der Waals surface area (Å²) in [6.45, 7) is 0.806. The van der Waals surface area contributed by atoms with Gasteiger partial charge in [0.05, 0.1) is 4.92 Å². The quantitative estimate of drug-likeness (QED) is 0.449. The number of nitrogens with one attached hydrogen (secondary N) is 1. The van der Waals surface area contributed by atoms with Gasteiger partial charge in [0, 0.05) is 30.8 Å². The normalized spacial score (nSPS) is 10.4. The van der Waals surface area contributed by atoms with E-state index in [1.165, 1.54) is 24.3 Å². The Balaban J connectivity index is 2.57. The maximum absolute atomic E-state index is 11.5. The van der Waals surface area contributed by atoms with Gasteiger partial charge in [-0.15, -0.1) is 0 Å². The zero-order valence-corrected chi connectivity index (χ0v) is 9.13. The molecule has 0 heterocycles. The Labute approximate surface area is 98.3 Å². The fourth-order valence-corrected chi connectivity index (χ4v) is 1.17. The number of nitro groups is 1. The van der Waals surface area contributed by atoms with Crippen molar-refractivity contribution >= 4 is 11.6 Å². The minimum absolute atomic E-state index is 0.0374. The van der Waals surface area contributed by atoms with E-state index in [2.05, 4.69) is 5.32 Å². The van der Waals surface area contributed by atoms with Crippen LogP contribution < -0.4 is 11.1 Å². The summed E-state index contributed by atoms with van der Waals surface area (Å²) in [6.07, 6.45) is 3.47. The second-order valence-corrected chi connectivity index (χ2v) is 3.22. The lowest BCUT2D eigenvalue weighted by Gasteiger charge is -2.01. The van der Waals surface area contributed by atoms with Gasteiger partial charge in [0.15, 0.2) is 0 Å². The summed E-state index contributed by atoms with van der Waals surface area (Å²) in [5.74, 6) is -0.276. The minimum Gasteiger partial charge on any atom is -0.349 e. The average molecular weight is 235 g/mol. The summed E-state index contributed by atoms with van der Waals surface area (Å²) in [7, 11) is 0. The van der Waals surface area contributed by atoms with Gasteiger partial charge in [-0.3, -0.25) is 14.9 Å². The van der Waals surface area contributed by atoms with Crippen molar-refractivity contribution in [2.75, 3.05) is 13.1 Å². The fraction of sp³-hybridized carbons (Fsp3) is 0.182. The van der Waals surface area contributed by atoms with Crippen molar-refractivity contribution in [2.45, 2.75) is 0 Å². The van der Waals surface area contributed by atoms with Crippen molar-refractivity contribution < 1.29 is 9.72 Å². The molecule has 0 bridgehead atoms. The van der Waals surface area contributed by atoms with Crippen LogP contribution in [-0.2, 0) is 0 Å². The Bertz CT molecular complexity index is 426. The highest BCUT2D eigenvalue weighted by Crippen LogP contribution is 2.11. The molecule has 1 amide bonds. The zero-order chi connectivity index (χ0) is 12.7. The minimum atomic E-state index is -0.508. The number of carbonyl (C=O) groups excluding carboxylic acids is 1. The van der Waals surface area contributed by atoms with Crippen molar-refractivity contribution in [1.82, 2.24) is 5.32 Å². The predicted octanol–water partition coefficient (Wildman–Crippen LogP) is 0.839. The van der Waals surface area contributed by atoms with Crippen LogP contribution in [0.4, 0.5) is 5.69 Å². The highest BCUT2D eigenvalue weighted by molar-refractivity contribution is 5.94. The van der Waals surface area contributed by atoms with Crippen LogP contribution in [0.5, 0.6) is 0 Å². The third kappa shape index (κ3) is 4.04. The maximum Gasteiger partial charge on any atom is 0.269 e. The van der Waals surface area contributed by atoms with E-state index in [1.807, 2.05) is 0 Å². The van der Waals surface area contributed by atoms with E-state index < -0.39 is 4.92 Å². The Morgan fingerprint density at radius 3 is 2.53 bits per heavy atom. The molecule has 0 fully saturated rings. The highest BCUT2D eigenvalue weighted by Gasteiger charge is 2.08. The number of rotatable bonds is 5. The number of nitro benzene ring substituents is 1. The molecular weight excluding hydrogens is 222 g/mol. The largest absolute Gasteiger partial charge is 0.349 e.